The van der Waals surface area contributed by atoms with Gasteiger partial charge in [-0.2, -0.15) is 4.98 Å². The van der Waals surface area contributed by atoms with Crippen LogP contribution in [-0.4, -0.2) is 27.6 Å². The number of hydrogen-bond acceptors (Lipinski definition) is 6. The van der Waals surface area contributed by atoms with Gasteiger partial charge in [-0.15, -0.1) is 0 Å². The first kappa shape index (κ1) is 15.7. The van der Waals surface area contributed by atoms with Crippen molar-refractivity contribution >= 4 is 5.91 Å². The standard InChI is InChI=1S/C17H16N4O3/c22-15(9-11-23-13-6-2-1-3-7-13)19-12-16-20-17(21-24-16)14-8-4-5-10-18-14/h1-8,10H,9,11-12H2,(H,19,22). The number of para-hydroxylation sites is 1. The quantitative estimate of drug-likeness (QED) is 0.716. The van der Waals surface area contributed by atoms with E-state index in [1.807, 2.05) is 42.5 Å². The van der Waals surface area contributed by atoms with Gasteiger partial charge >= 0.3 is 0 Å². The maximum absolute atomic E-state index is 11.8. The third-order valence-electron chi connectivity index (χ3n) is 3.14. The van der Waals surface area contributed by atoms with Crippen molar-refractivity contribution in [3.8, 4) is 17.3 Å². The lowest BCUT2D eigenvalue weighted by molar-refractivity contribution is -0.121. The number of pyridine rings is 1. The molecule has 2 aromatic heterocycles. The van der Waals surface area contributed by atoms with E-state index in [4.69, 9.17) is 9.26 Å². The van der Waals surface area contributed by atoms with Crippen molar-refractivity contribution < 1.29 is 14.1 Å². The minimum absolute atomic E-state index is 0.150. The van der Waals surface area contributed by atoms with E-state index in [0.717, 1.165) is 5.75 Å². The van der Waals surface area contributed by atoms with Gasteiger partial charge in [0.1, 0.15) is 11.4 Å². The number of carbonyl (C=O) groups excluding carboxylic acids is 1. The number of carbonyl (C=O) groups is 1. The second-order valence-electron chi connectivity index (χ2n) is 4.91. The van der Waals surface area contributed by atoms with Gasteiger partial charge in [-0.05, 0) is 24.3 Å². The average Bonchev–Trinajstić information content (AvgIpc) is 3.11. The van der Waals surface area contributed by atoms with E-state index < -0.39 is 0 Å². The Hall–Kier alpha value is -3.22. The molecule has 7 heteroatoms. The Labute approximate surface area is 138 Å². The molecule has 122 valence electrons. The van der Waals surface area contributed by atoms with E-state index in [-0.39, 0.29) is 18.9 Å². The number of benzene rings is 1. The molecule has 0 unspecified atom stereocenters. The molecule has 0 aliphatic heterocycles. The second kappa shape index (κ2) is 7.87. The molecule has 0 aliphatic rings. The monoisotopic (exact) mass is 324 g/mol. The molecule has 24 heavy (non-hydrogen) atoms. The molecule has 0 saturated heterocycles. The first-order chi connectivity index (χ1) is 11.8. The van der Waals surface area contributed by atoms with Crippen molar-refractivity contribution in [2.75, 3.05) is 6.61 Å². The van der Waals surface area contributed by atoms with Gasteiger partial charge in [0.2, 0.25) is 17.6 Å². The van der Waals surface area contributed by atoms with Gasteiger partial charge in [0.15, 0.2) is 0 Å². The highest BCUT2D eigenvalue weighted by atomic mass is 16.5. The van der Waals surface area contributed by atoms with Crippen molar-refractivity contribution in [2.45, 2.75) is 13.0 Å². The lowest BCUT2D eigenvalue weighted by Crippen LogP contribution is -2.24. The molecule has 0 bridgehead atoms. The summed E-state index contributed by atoms with van der Waals surface area (Å²) >= 11 is 0. The van der Waals surface area contributed by atoms with Gasteiger partial charge in [-0.1, -0.05) is 29.4 Å². The summed E-state index contributed by atoms with van der Waals surface area (Å²) < 4.78 is 10.6. The number of hydrogen-bond donors (Lipinski definition) is 1. The zero-order valence-corrected chi connectivity index (χ0v) is 12.9. The molecule has 3 rings (SSSR count). The van der Waals surface area contributed by atoms with Crippen LogP contribution in [0.5, 0.6) is 5.75 Å². The molecule has 0 saturated carbocycles. The summed E-state index contributed by atoms with van der Waals surface area (Å²) in [6.07, 6.45) is 1.90. The highest BCUT2D eigenvalue weighted by Gasteiger charge is 2.10. The van der Waals surface area contributed by atoms with Crippen molar-refractivity contribution in [2.24, 2.45) is 0 Å². The van der Waals surface area contributed by atoms with Crippen LogP contribution in [0.2, 0.25) is 0 Å². The second-order valence-corrected chi connectivity index (χ2v) is 4.91. The smallest absolute Gasteiger partial charge is 0.246 e. The molecule has 2 heterocycles. The third-order valence-corrected chi connectivity index (χ3v) is 3.14. The number of nitrogens with zero attached hydrogens (tertiary/aromatic N) is 3. The third kappa shape index (κ3) is 4.39. The lowest BCUT2D eigenvalue weighted by atomic mass is 10.3. The molecule has 0 spiro atoms. The van der Waals surface area contributed by atoms with Crippen LogP contribution in [0.4, 0.5) is 0 Å². The fraction of sp³-hybridized carbons (Fsp3) is 0.176. The largest absolute Gasteiger partial charge is 0.493 e. The number of aromatic nitrogens is 3. The van der Waals surface area contributed by atoms with Crippen LogP contribution in [0.15, 0.2) is 59.3 Å². The molecule has 1 N–H and O–H groups in total. The summed E-state index contributed by atoms with van der Waals surface area (Å²) in [5, 5.41) is 6.56. The van der Waals surface area contributed by atoms with Gasteiger partial charge in [-0.25, -0.2) is 0 Å². The number of amides is 1. The van der Waals surface area contributed by atoms with E-state index in [9.17, 15) is 4.79 Å². The minimum Gasteiger partial charge on any atom is -0.493 e. The molecule has 1 amide bonds. The van der Waals surface area contributed by atoms with E-state index >= 15 is 0 Å². The topological polar surface area (TPSA) is 90.1 Å². The highest BCUT2D eigenvalue weighted by molar-refractivity contribution is 5.75. The van der Waals surface area contributed by atoms with Crippen molar-refractivity contribution in [1.82, 2.24) is 20.4 Å². The van der Waals surface area contributed by atoms with Gasteiger partial charge < -0.3 is 14.6 Å². The molecule has 0 aliphatic carbocycles. The first-order valence-electron chi connectivity index (χ1n) is 7.50. The molecule has 0 fully saturated rings. The number of ether oxygens (including phenoxy) is 1. The summed E-state index contributed by atoms with van der Waals surface area (Å²) in [7, 11) is 0. The fourth-order valence-electron chi connectivity index (χ4n) is 1.97. The van der Waals surface area contributed by atoms with Gasteiger partial charge in [-0.3, -0.25) is 9.78 Å². The first-order valence-corrected chi connectivity index (χ1v) is 7.50. The molecule has 0 radical (unpaired) electrons. The zero-order valence-electron chi connectivity index (χ0n) is 12.9. The Kier molecular flexibility index (Phi) is 5.14. The number of rotatable bonds is 7. The van der Waals surface area contributed by atoms with E-state index in [2.05, 4.69) is 20.4 Å². The van der Waals surface area contributed by atoms with Gasteiger partial charge in [0, 0.05) is 6.20 Å². The Balaban J connectivity index is 1.42. The maximum Gasteiger partial charge on any atom is 0.246 e. The summed E-state index contributed by atoms with van der Waals surface area (Å²) in [4.78, 5) is 20.1. The van der Waals surface area contributed by atoms with Crippen LogP contribution in [0.1, 0.15) is 12.3 Å². The van der Waals surface area contributed by atoms with Crippen LogP contribution in [0, 0.1) is 0 Å². The fourth-order valence-corrected chi connectivity index (χ4v) is 1.97. The van der Waals surface area contributed by atoms with Crippen LogP contribution in [-0.2, 0) is 11.3 Å². The highest BCUT2D eigenvalue weighted by Crippen LogP contribution is 2.11. The van der Waals surface area contributed by atoms with Gasteiger partial charge in [0.25, 0.3) is 0 Å². The predicted molar refractivity (Wildman–Crippen MR) is 85.9 cm³/mol. The Bertz CT molecular complexity index is 775. The van der Waals surface area contributed by atoms with E-state index in [0.29, 0.717) is 24.0 Å². The van der Waals surface area contributed by atoms with Crippen LogP contribution >= 0.6 is 0 Å². The Morgan fingerprint density at radius 1 is 1.12 bits per heavy atom. The summed E-state index contributed by atoms with van der Waals surface area (Å²) in [6, 6.07) is 14.8. The molecule has 3 aromatic rings. The zero-order chi connectivity index (χ0) is 16.6. The van der Waals surface area contributed by atoms with Crippen molar-refractivity contribution in [3.63, 3.8) is 0 Å². The Morgan fingerprint density at radius 2 is 1.96 bits per heavy atom. The number of nitrogens with one attached hydrogen (secondary N) is 1. The summed E-state index contributed by atoms with van der Waals surface area (Å²) in [5.74, 6) is 1.31. The van der Waals surface area contributed by atoms with Gasteiger partial charge in [0.05, 0.1) is 19.6 Å². The lowest BCUT2D eigenvalue weighted by Gasteiger charge is -2.05. The molecule has 1 aromatic carbocycles. The summed E-state index contributed by atoms with van der Waals surface area (Å²) in [6.45, 7) is 0.475. The molecular weight excluding hydrogens is 308 g/mol. The van der Waals surface area contributed by atoms with Crippen molar-refractivity contribution in [1.29, 1.82) is 0 Å². The Morgan fingerprint density at radius 3 is 2.75 bits per heavy atom. The van der Waals surface area contributed by atoms with Crippen LogP contribution in [0.25, 0.3) is 11.5 Å². The minimum atomic E-state index is -0.150. The van der Waals surface area contributed by atoms with Crippen molar-refractivity contribution in [3.05, 3.63) is 60.6 Å². The summed E-state index contributed by atoms with van der Waals surface area (Å²) in [5.41, 5.74) is 0.620. The maximum atomic E-state index is 11.8. The molecule has 0 atom stereocenters. The van der Waals surface area contributed by atoms with Crippen LogP contribution < -0.4 is 10.1 Å². The van der Waals surface area contributed by atoms with E-state index in [1.54, 1.807) is 12.3 Å². The molecule has 7 nitrogen and oxygen atoms in total. The SMILES string of the molecule is O=C(CCOc1ccccc1)NCc1nc(-c2ccccn2)no1. The predicted octanol–water partition coefficient (Wildman–Crippen LogP) is 2.22. The average molecular weight is 324 g/mol. The van der Waals surface area contributed by atoms with E-state index in [1.165, 1.54) is 0 Å². The van der Waals surface area contributed by atoms with Crippen LogP contribution in [0.3, 0.4) is 0 Å². The normalized spacial score (nSPS) is 10.3. The molecular formula is C17H16N4O3.